The lowest BCUT2D eigenvalue weighted by atomic mass is 10.1. The number of carboxylic acid groups (broad SMARTS) is 1. The van der Waals surface area contributed by atoms with Crippen LogP contribution in [0.1, 0.15) is 37.3 Å². The van der Waals surface area contributed by atoms with Crippen LogP contribution >= 0.6 is 0 Å². The van der Waals surface area contributed by atoms with Crippen molar-refractivity contribution in [1.82, 2.24) is 20.1 Å². The third-order valence-corrected chi connectivity index (χ3v) is 5.28. The fourth-order valence-corrected chi connectivity index (χ4v) is 3.76. The van der Waals surface area contributed by atoms with E-state index in [4.69, 9.17) is 0 Å². The van der Waals surface area contributed by atoms with Gasteiger partial charge in [-0.3, -0.25) is 9.80 Å². The number of nitrogens with zero attached hydrogens (tertiary/aromatic N) is 5. The average molecular weight is 396 g/mol. The van der Waals surface area contributed by atoms with Gasteiger partial charge in [0.05, 0.1) is 5.69 Å². The van der Waals surface area contributed by atoms with E-state index < -0.39 is 12.0 Å². The molecule has 3 heterocycles. The van der Waals surface area contributed by atoms with Gasteiger partial charge in [0.1, 0.15) is 17.4 Å². The van der Waals surface area contributed by atoms with E-state index in [1.807, 2.05) is 18.2 Å². The Bertz CT molecular complexity index is 924. The number of hydrazone groups is 1. The van der Waals surface area contributed by atoms with Crippen LogP contribution in [0.2, 0.25) is 0 Å². The molecule has 1 atom stereocenters. The molecule has 0 saturated heterocycles. The van der Waals surface area contributed by atoms with Gasteiger partial charge in [-0.2, -0.15) is 5.10 Å². The second kappa shape index (κ2) is 8.42. The number of fused-ring (bicyclic) bond motifs is 1. The van der Waals surface area contributed by atoms with Crippen LogP contribution in [0, 0.1) is 0 Å². The van der Waals surface area contributed by atoms with Crippen molar-refractivity contribution in [3.63, 3.8) is 0 Å². The number of nitrogens with one attached hydrogen (secondary N) is 1. The molecule has 29 heavy (non-hydrogen) atoms. The van der Waals surface area contributed by atoms with Gasteiger partial charge < -0.3 is 15.0 Å². The van der Waals surface area contributed by atoms with E-state index in [2.05, 4.69) is 25.2 Å². The number of anilines is 1. The number of carboxylic acids is 1. The molecule has 0 bridgehead atoms. The van der Waals surface area contributed by atoms with Crippen LogP contribution in [0.5, 0.6) is 0 Å². The maximum atomic E-state index is 12.5. The summed E-state index contributed by atoms with van der Waals surface area (Å²) in [5.41, 5.74) is 0.889. The third-order valence-electron chi connectivity index (χ3n) is 5.28. The summed E-state index contributed by atoms with van der Waals surface area (Å²) in [7, 11) is 0. The highest BCUT2D eigenvalue weighted by Crippen LogP contribution is 2.24. The summed E-state index contributed by atoms with van der Waals surface area (Å²) >= 11 is 0. The Morgan fingerprint density at radius 3 is 2.79 bits per heavy atom. The molecule has 0 spiro atoms. The van der Waals surface area contributed by atoms with E-state index >= 15 is 0 Å². The molecule has 4 rings (SSSR count). The first kappa shape index (κ1) is 19.1. The van der Waals surface area contributed by atoms with Crippen molar-refractivity contribution < 1.29 is 14.7 Å². The molecular formula is C20H24N6O3. The zero-order chi connectivity index (χ0) is 20.2. The second-order valence-electron chi connectivity index (χ2n) is 7.29. The minimum atomic E-state index is -1.00. The maximum Gasteiger partial charge on any atom is 0.328 e. The van der Waals surface area contributed by atoms with E-state index in [0.717, 1.165) is 50.3 Å². The Morgan fingerprint density at radius 1 is 1.17 bits per heavy atom. The van der Waals surface area contributed by atoms with Crippen LogP contribution in [-0.4, -0.2) is 50.0 Å². The Morgan fingerprint density at radius 2 is 2.00 bits per heavy atom. The van der Waals surface area contributed by atoms with Crippen molar-refractivity contribution in [2.75, 3.05) is 11.6 Å². The van der Waals surface area contributed by atoms with E-state index in [9.17, 15) is 14.7 Å². The summed E-state index contributed by atoms with van der Waals surface area (Å²) in [6.45, 7) is 1.44. The Hall–Kier alpha value is -3.23. The molecule has 1 aromatic carbocycles. The van der Waals surface area contributed by atoms with Gasteiger partial charge in [-0.1, -0.05) is 18.2 Å². The Kier molecular flexibility index (Phi) is 5.55. The van der Waals surface area contributed by atoms with Crippen molar-refractivity contribution in [3.05, 3.63) is 42.0 Å². The Balaban J connectivity index is 1.32. The molecule has 2 aromatic rings. The molecular weight excluding hydrogens is 372 g/mol. The quantitative estimate of drug-likeness (QED) is 0.684. The van der Waals surface area contributed by atoms with Gasteiger partial charge in [0.15, 0.2) is 6.04 Å². The number of para-hydroxylation sites is 1. The van der Waals surface area contributed by atoms with Crippen LogP contribution in [0.25, 0.3) is 0 Å². The normalized spacial score (nSPS) is 18.3. The standard InChI is InChI=1S/C20H24N6O3/c27-19(21-11-6-10-18-23-22-17-9-4-5-12-25(17)18)15-13-16(20(28)29)26(24-15)14-7-2-1-3-8-14/h1-3,7-8,16H,4-6,9-13H2,(H,21,27)(H,28,29). The first-order chi connectivity index (χ1) is 14.1. The zero-order valence-electron chi connectivity index (χ0n) is 16.1. The van der Waals surface area contributed by atoms with Gasteiger partial charge in [-0.05, 0) is 31.4 Å². The molecule has 152 valence electrons. The van der Waals surface area contributed by atoms with Crippen molar-refractivity contribution in [3.8, 4) is 0 Å². The van der Waals surface area contributed by atoms with Gasteiger partial charge in [-0.15, -0.1) is 10.2 Å². The molecule has 9 heteroatoms. The predicted molar refractivity (Wildman–Crippen MR) is 107 cm³/mol. The van der Waals surface area contributed by atoms with Gasteiger partial charge >= 0.3 is 5.97 Å². The number of carbonyl (C=O) groups excluding carboxylic acids is 1. The number of aromatic nitrogens is 3. The highest BCUT2D eigenvalue weighted by molar-refractivity contribution is 6.40. The zero-order valence-corrected chi connectivity index (χ0v) is 16.1. The second-order valence-corrected chi connectivity index (χ2v) is 7.29. The monoisotopic (exact) mass is 396 g/mol. The molecule has 0 aliphatic carbocycles. The number of hydrogen-bond donors (Lipinski definition) is 2. The summed E-state index contributed by atoms with van der Waals surface area (Å²) < 4.78 is 2.18. The number of amides is 1. The average Bonchev–Trinajstić information content (AvgIpc) is 3.37. The number of benzene rings is 1. The summed E-state index contributed by atoms with van der Waals surface area (Å²) in [5.74, 6) is 0.694. The fourth-order valence-electron chi connectivity index (χ4n) is 3.76. The first-order valence-corrected chi connectivity index (χ1v) is 9.97. The number of carbonyl (C=O) groups is 2. The van der Waals surface area contributed by atoms with Crippen molar-refractivity contribution in [2.24, 2.45) is 5.10 Å². The van der Waals surface area contributed by atoms with Gasteiger partial charge in [0, 0.05) is 32.4 Å². The van der Waals surface area contributed by atoms with E-state index in [0.29, 0.717) is 12.2 Å². The molecule has 1 amide bonds. The molecule has 2 aliphatic rings. The van der Waals surface area contributed by atoms with E-state index in [1.165, 1.54) is 5.01 Å². The molecule has 2 aliphatic heterocycles. The van der Waals surface area contributed by atoms with Crippen LogP contribution in [0.15, 0.2) is 35.4 Å². The van der Waals surface area contributed by atoms with Crippen molar-refractivity contribution in [2.45, 2.75) is 51.1 Å². The lowest BCUT2D eigenvalue weighted by Gasteiger charge is -2.19. The number of hydrogen-bond acceptors (Lipinski definition) is 6. The molecule has 9 nitrogen and oxygen atoms in total. The summed E-state index contributed by atoms with van der Waals surface area (Å²) in [6, 6.07) is 8.15. The van der Waals surface area contributed by atoms with Crippen LogP contribution in [0.3, 0.4) is 0 Å². The SMILES string of the molecule is O=C(NCCCc1nnc2n1CCCC2)C1=NN(c2ccccc2)C(C(=O)O)C1. The summed E-state index contributed by atoms with van der Waals surface area (Å²) in [6.07, 6.45) is 4.85. The van der Waals surface area contributed by atoms with Crippen molar-refractivity contribution in [1.29, 1.82) is 0 Å². The van der Waals surface area contributed by atoms with Crippen LogP contribution in [0.4, 0.5) is 5.69 Å². The first-order valence-electron chi connectivity index (χ1n) is 9.97. The minimum Gasteiger partial charge on any atom is -0.480 e. The molecule has 1 aromatic heterocycles. The number of aliphatic carboxylic acids is 1. The lowest BCUT2D eigenvalue weighted by molar-refractivity contribution is -0.138. The number of aryl methyl sites for hydroxylation is 2. The molecule has 2 N–H and O–H groups in total. The fraction of sp³-hybridized carbons (Fsp3) is 0.450. The smallest absolute Gasteiger partial charge is 0.328 e. The third kappa shape index (κ3) is 4.13. The Labute approximate surface area is 168 Å². The summed E-state index contributed by atoms with van der Waals surface area (Å²) in [4.78, 5) is 24.1. The lowest BCUT2D eigenvalue weighted by Crippen LogP contribution is -2.35. The topological polar surface area (TPSA) is 113 Å². The van der Waals surface area contributed by atoms with Crippen LogP contribution < -0.4 is 10.3 Å². The summed E-state index contributed by atoms with van der Waals surface area (Å²) in [5, 5.41) is 26.5. The van der Waals surface area contributed by atoms with E-state index in [1.54, 1.807) is 12.1 Å². The predicted octanol–water partition coefficient (Wildman–Crippen LogP) is 1.38. The van der Waals surface area contributed by atoms with Gasteiger partial charge in [-0.25, -0.2) is 4.79 Å². The highest BCUT2D eigenvalue weighted by Gasteiger charge is 2.36. The minimum absolute atomic E-state index is 0.0771. The van der Waals surface area contributed by atoms with Gasteiger partial charge in [0.25, 0.3) is 5.91 Å². The van der Waals surface area contributed by atoms with E-state index in [-0.39, 0.29) is 18.0 Å². The molecule has 0 radical (unpaired) electrons. The van der Waals surface area contributed by atoms with Crippen molar-refractivity contribution >= 4 is 23.3 Å². The van der Waals surface area contributed by atoms with Gasteiger partial charge in [0.2, 0.25) is 0 Å². The van der Waals surface area contributed by atoms with Crippen LogP contribution in [-0.2, 0) is 29.0 Å². The highest BCUT2D eigenvalue weighted by atomic mass is 16.4. The molecule has 1 unspecified atom stereocenters. The number of rotatable bonds is 7. The maximum absolute atomic E-state index is 12.5. The largest absolute Gasteiger partial charge is 0.480 e. The molecule has 0 saturated carbocycles. The molecule has 0 fully saturated rings.